The first kappa shape index (κ1) is 24.1. The van der Waals surface area contributed by atoms with E-state index in [-0.39, 0.29) is 26.9 Å². The van der Waals surface area contributed by atoms with Crippen LogP contribution in [-0.2, 0) is 9.59 Å². The first-order valence-corrected chi connectivity index (χ1v) is 11.4. The van der Waals surface area contributed by atoms with Gasteiger partial charge in [0, 0.05) is 5.69 Å². The molecule has 8 heteroatoms. The van der Waals surface area contributed by atoms with Crippen LogP contribution in [0.1, 0.15) is 28.3 Å². The number of Topliss-reactive ketones (excluding diaryl/α,β-unsaturated/α-hetero) is 1. The molecule has 1 aliphatic heterocycles. The maximum absolute atomic E-state index is 13.3. The fourth-order valence-corrected chi connectivity index (χ4v) is 4.72. The van der Waals surface area contributed by atoms with Gasteiger partial charge < -0.3 is 9.84 Å². The Morgan fingerprint density at radius 3 is 2.18 bits per heavy atom. The summed E-state index contributed by atoms with van der Waals surface area (Å²) in [7, 11) is 1.41. The van der Waals surface area contributed by atoms with Crippen molar-refractivity contribution in [2.24, 2.45) is 0 Å². The molecule has 0 aromatic heterocycles. The number of halogens is 3. The highest BCUT2D eigenvalue weighted by Gasteiger charge is 2.47. The number of benzene rings is 3. The standard InChI is InChI=1S/C26H20Cl3NO4/c1-13-4-7-16(8-5-13)30-22(15-6-9-18(27)19(28)12-15)21(24(32)26(30)33)23(31)17-10-14(2)11-20(29)25(17)34-3/h4-12,22,31H,1-3H3/b23-21+. The van der Waals surface area contributed by atoms with Gasteiger partial charge >= 0.3 is 0 Å². The molecule has 34 heavy (non-hydrogen) atoms. The lowest BCUT2D eigenvalue weighted by Crippen LogP contribution is -2.29. The van der Waals surface area contributed by atoms with Crippen LogP contribution in [0, 0.1) is 13.8 Å². The van der Waals surface area contributed by atoms with E-state index in [2.05, 4.69) is 0 Å². The molecule has 4 rings (SSSR count). The normalized spacial score (nSPS) is 17.4. The number of ketones is 1. The van der Waals surface area contributed by atoms with Gasteiger partial charge in [-0.2, -0.15) is 0 Å². The summed E-state index contributed by atoms with van der Waals surface area (Å²) >= 11 is 18.7. The summed E-state index contributed by atoms with van der Waals surface area (Å²) in [6.07, 6.45) is 0. The average molecular weight is 517 g/mol. The number of rotatable bonds is 4. The summed E-state index contributed by atoms with van der Waals surface area (Å²) in [6.45, 7) is 3.71. The second kappa shape index (κ2) is 9.34. The molecule has 1 unspecified atom stereocenters. The van der Waals surface area contributed by atoms with E-state index < -0.39 is 23.5 Å². The van der Waals surface area contributed by atoms with E-state index in [0.717, 1.165) is 11.1 Å². The molecule has 1 atom stereocenters. The van der Waals surface area contributed by atoms with Gasteiger partial charge in [0.15, 0.2) is 0 Å². The quantitative estimate of drug-likeness (QED) is 0.233. The molecule has 0 aliphatic carbocycles. The predicted molar refractivity (Wildman–Crippen MR) is 135 cm³/mol. The smallest absolute Gasteiger partial charge is 0.300 e. The van der Waals surface area contributed by atoms with Crippen LogP contribution in [0.25, 0.3) is 5.76 Å². The van der Waals surface area contributed by atoms with E-state index in [0.29, 0.717) is 16.3 Å². The Morgan fingerprint density at radius 1 is 0.882 bits per heavy atom. The molecular weight excluding hydrogens is 497 g/mol. The van der Waals surface area contributed by atoms with Crippen molar-refractivity contribution in [3.05, 3.63) is 97.5 Å². The largest absolute Gasteiger partial charge is 0.507 e. The molecule has 1 saturated heterocycles. The summed E-state index contributed by atoms with van der Waals surface area (Å²) in [4.78, 5) is 28.0. The van der Waals surface area contributed by atoms with Crippen LogP contribution in [0.15, 0.2) is 60.2 Å². The fraction of sp³-hybridized carbons (Fsp3) is 0.154. The number of amides is 1. The highest BCUT2D eigenvalue weighted by molar-refractivity contribution is 6.52. The molecule has 3 aromatic rings. The van der Waals surface area contributed by atoms with Gasteiger partial charge in [0.05, 0.1) is 39.4 Å². The lowest BCUT2D eigenvalue weighted by atomic mass is 9.94. The molecule has 0 bridgehead atoms. The van der Waals surface area contributed by atoms with Gasteiger partial charge in [-0.1, -0.05) is 58.6 Å². The van der Waals surface area contributed by atoms with Crippen molar-refractivity contribution in [2.45, 2.75) is 19.9 Å². The molecule has 1 amide bonds. The van der Waals surface area contributed by atoms with Gasteiger partial charge in [-0.3, -0.25) is 14.5 Å². The van der Waals surface area contributed by atoms with Gasteiger partial charge in [-0.25, -0.2) is 0 Å². The van der Waals surface area contributed by atoms with Crippen LogP contribution in [0.3, 0.4) is 0 Å². The molecule has 1 aliphatic rings. The lowest BCUT2D eigenvalue weighted by molar-refractivity contribution is -0.132. The highest BCUT2D eigenvalue weighted by atomic mass is 35.5. The number of nitrogens with zero attached hydrogens (tertiary/aromatic N) is 1. The van der Waals surface area contributed by atoms with Gasteiger partial charge in [0.1, 0.15) is 11.5 Å². The lowest BCUT2D eigenvalue weighted by Gasteiger charge is -2.26. The van der Waals surface area contributed by atoms with Crippen LogP contribution >= 0.6 is 34.8 Å². The van der Waals surface area contributed by atoms with Crippen LogP contribution in [0.5, 0.6) is 5.75 Å². The maximum Gasteiger partial charge on any atom is 0.300 e. The van der Waals surface area contributed by atoms with Crippen LogP contribution < -0.4 is 9.64 Å². The zero-order valence-corrected chi connectivity index (χ0v) is 20.8. The second-order valence-corrected chi connectivity index (χ2v) is 9.23. The zero-order valence-electron chi connectivity index (χ0n) is 18.5. The van der Waals surface area contributed by atoms with Crippen LogP contribution in [0.2, 0.25) is 15.1 Å². The molecule has 0 radical (unpaired) electrons. The van der Waals surface area contributed by atoms with E-state index in [4.69, 9.17) is 39.5 Å². The van der Waals surface area contributed by atoms with Gasteiger partial charge in [0.25, 0.3) is 11.7 Å². The summed E-state index contributed by atoms with van der Waals surface area (Å²) in [5.41, 5.74) is 2.84. The average Bonchev–Trinajstić information content (AvgIpc) is 3.06. The summed E-state index contributed by atoms with van der Waals surface area (Å²) in [5, 5.41) is 12.3. The Hall–Kier alpha value is -2.99. The SMILES string of the molecule is COc1c(Cl)cc(C)cc1/C(O)=C1\C(=O)C(=O)N(c2ccc(C)cc2)C1c1ccc(Cl)c(Cl)c1. The Labute approximate surface area is 212 Å². The number of aliphatic hydroxyl groups is 1. The van der Waals surface area contributed by atoms with E-state index >= 15 is 0 Å². The van der Waals surface area contributed by atoms with Crippen molar-refractivity contribution in [2.75, 3.05) is 12.0 Å². The molecule has 174 valence electrons. The van der Waals surface area contributed by atoms with Gasteiger partial charge in [0.2, 0.25) is 0 Å². The number of anilines is 1. The van der Waals surface area contributed by atoms with Crippen molar-refractivity contribution >= 4 is 57.9 Å². The molecule has 1 fully saturated rings. The van der Waals surface area contributed by atoms with E-state index in [1.54, 1.807) is 49.4 Å². The number of aliphatic hydroxyl groups excluding tert-OH is 1. The Kier molecular flexibility index (Phi) is 6.63. The molecular formula is C26H20Cl3NO4. The van der Waals surface area contributed by atoms with Gasteiger partial charge in [-0.05, 0) is 61.4 Å². The number of methoxy groups -OCH3 is 1. The second-order valence-electron chi connectivity index (χ2n) is 8.01. The molecule has 0 spiro atoms. The number of aryl methyl sites for hydroxylation is 2. The summed E-state index contributed by atoms with van der Waals surface area (Å²) in [5.74, 6) is -1.82. The van der Waals surface area contributed by atoms with Crippen molar-refractivity contribution in [1.29, 1.82) is 0 Å². The van der Waals surface area contributed by atoms with Crippen molar-refractivity contribution < 1.29 is 19.4 Å². The summed E-state index contributed by atoms with van der Waals surface area (Å²) < 4.78 is 5.40. The fourth-order valence-electron chi connectivity index (χ4n) is 4.06. The van der Waals surface area contributed by atoms with E-state index in [1.165, 1.54) is 12.0 Å². The third-order valence-corrected chi connectivity index (χ3v) is 6.68. The number of hydrogen-bond acceptors (Lipinski definition) is 4. The van der Waals surface area contributed by atoms with E-state index in [9.17, 15) is 14.7 Å². The van der Waals surface area contributed by atoms with Crippen LogP contribution in [0.4, 0.5) is 5.69 Å². The number of ether oxygens (including phenoxy) is 1. The third-order valence-electron chi connectivity index (χ3n) is 5.66. The third kappa shape index (κ3) is 4.16. The first-order chi connectivity index (χ1) is 16.1. The minimum Gasteiger partial charge on any atom is -0.507 e. The van der Waals surface area contributed by atoms with Gasteiger partial charge in [-0.15, -0.1) is 0 Å². The Morgan fingerprint density at radius 2 is 1.56 bits per heavy atom. The van der Waals surface area contributed by atoms with E-state index in [1.807, 2.05) is 19.1 Å². The summed E-state index contributed by atoms with van der Waals surface area (Å²) in [6, 6.07) is 14.4. The topological polar surface area (TPSA) is 66.8 Å². The predicted octanol–water partition coefficient (Wildman–Crippen LogP) is 6.90. The van der Waals surface area contributed by atoms with Crippen molar-refractivity contribution in [1.82, 2.24) is 0 Å². The minimum absolute atomic E-state index is 0.107. The molecule has 0 saturated carbocycles. The first-order valence-electron chi connectivity index (χ1n) is 10.3. The zero-order chi connectivity index (χ0) is 24.7. The molecule has 3 aromatic carbocycles. The highest BCUT2D eigenvalue weighted by Crippen LogP contribution is 2.45. The monoisotopic (exact) mass is 515 g/mol. The number of carbonyl (C=O) groups is 2. The molecule has 1 N–H and O–H groups in total. The number of carbonyl (C=O) groups excluding carboxylic acids is 2. The maximum atomic E-state index is 13.3. The minimum atomic E-state index is -0.957. The number of hydrogen-bond donors (Lipinski definition) is 1. The Balaban J connectivity index is 2.02. The van der Waals surface area contributed by atoms with Crippen molar-refractivity contribution in [3.63, 3.8) is 0 Å². The Bertz CT molecular complexity index is 1350. The van der Waals surface area contributed by atoms with Crippen LogP contribution in [-0.4, -0.2) is 23.9 Å². The molecule has 5 nitrogen and oxygen atoms in total. The molecule has 1 heterocycles. The van der Waals surface area contributed by atoms with Crippen molar-refractivity contribution in [3.8, 4) is 5.75 Å².